The van der Waals surface area contributed by atoms with Crippen molar-refractivity contribution in [3.63, 3.8) is 0 Å². The van der Waals surface area contributed by atoms with Crippen molar-refractivity contribution in [3.8, 4) is 0 Å². The van der Waals surface area contributed by atoms with E-state index in [4.69, 9.17) is 0 Å². The van der Waals surface area contributed by atoms with Crippen molar-refractivity contribution in [2.75, 3.05) is 27.7 Å². The first-order chi connectivity index (χ1) is 12.5. The molecular weight excluding hydrogens is 326 g/mol. The van der Waals surface area contributed by atoms with E-state index in [1.807, 2.05) is 49.4 Å². The summed E-state index contributed by atoms with van der Waals surface area (Å²) in [6, 6.07) is 13.7. The summed E-state index contributed by atoms with van der Waals surface area (Å²) in [4.78, 5) is 22.3. The fourth-order valence-corrected chi connectivity index (χ4v) is 2.54. The van der Waals surface area contributed by atoms with E-state index >= 15 is 0 Å². The van der Waals surface area contributed by atoms with Crippen molar-refractivity contribution in [2.45, 2.75) is 19.9 Å². The summed E-state index contributed by atoms with van der Waals surface area (Å²) in [5.74, 6) is 0.747. The molecule has 1 aromatic heterocycles. The Morgan fingerprint density at radius 2 is 1.92 bits per heavy atom. The average molecular weight is 353 g/mol. The van der Waals surface area contributed by atoms with Crippen molar-refractivity contribution < 1.29 is 4.79 Å². The number of carbonyl (C=O) groups excluding carboxylic acids is 1. The third-order valence-corrected chi connectivity index (χ3v) is 3.89. The van der Waals surface area contributed by atoms with E-state index in [2.05, 4.69) is 20.6 Å². The SMILES string of the molecule is CN=C(NCCc1cccc(C(=O)N(C)C)c1)NCc1cccc(C)n1. The van der Waals surface area contributed by atoms with Crippen LogP contribution >= 0.6 is 0 Å². The number of nitrogens with one attached hydrogen (secondary N) is 2. The molecule has 6 nitrogen and oxygen atoms in total. The van der Waals surface area contributed by atoms with Gasteiger partial charge in [-0.15, -0.1) is 0 Å². The smallest absolute Gasteiger partial charge is 0.253 e. The molecule has 2 N–H and O–H groups in total. The third-order valence-electron chi connectivity index (χ3n) is 3.89. The van der Waals surface area contributed by atoms with Gasteiger partial charge in [-0.2, -0.15) is 0 Å². The van der Waals surface area contributed by atoms with Gasteiger partial charge >= 0.3 is 0 Å². The molecule has 0 fully saturated rings. The minimum Gasteiger partial charge on any atom is -0.356 e. The van der Waals surface area contributed by atoms with Gasteiger partial charge in [0.25, 0.3) is 5.91 Å². The van der Waals surface area contributed by atoms with Crippen LogP contribution in [0.2, 0.25) is 0 Å². The number of hydrogen-bond acceptors (Lipinski definition) is 3. The monoisotopic (exact) mass is 353 g/mol. The van der Waals surface area contributed by atoms with Crippen LogP contribution in [-0.4, -0.2) is 49.4 Å². The zero-order valence-electron chi connectivity index (χ0n) is 15.9. The molecule has 1 amide bonds. The Morgan fingerprint density at radius 3 is 2.62 bits per heavy atom. The van der Waals surface area contributed by atoms with E-state index in [0.29, 0.717) is 12.1 Å². The summed E-state index contributed by atoms with van der Waals surface area (Å²) in [6.07, 6.45) is 0.804. The van der Waals surface area contributed by atoms with Gasteiger partial charge in [-0.05, 0) is 43.2 Å². The quantitative estimate of drug-likeness (QED) is 0.616. The molecule has 0 radical (unpaired) electrons. The molecule has 0 atom stereocenters. The molecule has 0 saturated carbocycles. The lowest BCUT2D eigenvalue weighted by atomic mass is 10.1. The Bertz CT molecular complexity index is 770. The fourth-order valence-electron chi connectivity index (χ4n) is 2.54. The number of aliphatic imine (C=N–C) groups is 1. The van der Waals surface area contributed by atoms with E-state index in [-0.39, 0.29) is 5.91 Å². The highest BCUT2D eigenvalue weighted by Crippen LogP contribution is 2.07. The predicted octanol–water partition coefficient (Wildman–Crippen LogP) is 2.00. The molecule has 6 heteroatoms. The second-order valence-electron chi connectivity index (χ2n) is 6.27. The standard InChI is InChI=1S/C20H27N5O/c1-15-7-5-10-18(24-15)14-23-20(21-2)22-12-11-16-8-6-9-17(13-16)19(26)25(3)4/h5-10,13H,11-12,14H2,1-4H3,(H2,21,22,23). The molecule has 0 unspecified atom stereocenters. The number of aryl methyl sites for hydroxylation is 1. The van der Waals surface area contributed by atoms with Gasteiger partial charge < -0.3 is 15.5 Å². The maximum Gasteiger partial charge on any atom is 0.253 e. The molecule has 2 aromatic rings. The summed E-state index contributed by atoms with van der Waals surface area (Å²) in [6.45, 7) is 3.32. The summed E-state index contributed by atoms with van der Waals surface area (Å²) >= 11 is 0. The first-order valence-corrected chi connectivity index (χ1v) is 8.67. The normalized spacial score (nSPS) is 11.2. The first kappa shape index (κ1) is 19.4. The first-order valence-electron chi connectivity index (χ1n) is 8.67. The second kappa shape index (κ2) is 9.56. The molecule has 0 aliphatic heterocycles. The second-order valence-corrected chi connectivity index (χ2v) is 6.27. The lowest BCUT2D eigenvalue weighted by Crippen LogP contribution is -2.38. The maximum absolute atomic E-state index is 12.0. The highest BCUT2D eigenvalue weighted by atomic mass is 16.2. The third kappa shape index (κ3) is 5.88. The molecule has 0 spiro atoms. The Morgan fingerprint density at radius 1 is 1.15 bits per heavy atom. The highest BCUT2D eigenvalue weighted by molar-refractivity contribution is 5.94. The molecule has 2 rings (SSSR count). The van der Waals surface area contributed by atoms with Gasteiger partial charge in [-0.3, -0.25) is 14.8 Å². The van der Waals surface area contributed by atoms with E-state index in [9.17, 15) is 4.79 Å². The zero-order valence-corrected chi connectivity index (χ0v) is 15.9. The Labute approximate surface area is 155 Å². The number of rotatable bonds is 6. The molecule has 138 valence electrons. The number of nitrogens with zero attached hydrogens (tertiary/aromatic N) is 3. The molecular formula is C20H27N5O. The molecule has 1 heterocycles. The summed E-state index contributed by atoms with van der Waals surface area (Å²) in [7, 11) is 5.26. The van der Waals surface area contributed by atoms with Crippen LogP contribution in [0, 0.1) is 6.92 Å². The molecule has 0 bridgehead atoms. The largest absolute Gasteiger partial charge is 0.356 e. The summed E-state index contributed by atoms with van der Waals surface area (Å²) in [5.41, 5.74) is 3.80. The van der Waals surface area contributed by atoms with Gasteiger partial charge in [0, 0.05) is 38.9 Å². The van der Waals surface area contributed by atoms with E-state index < -0.39 is 0 Å². The number of amides is 1. The number of pyridine rings is 1. The summed E-state index contributed by atoms with van der Waals surface area (Å²) in [5, 5.41) is 6.55. The summed E-state index contributed by atoms with van der Waals surface area (Å²) < 4.78 is 0. The molecule has 0 saturated heterocycles. The van der Waals surface area contributed by atoms with Gasteiger partial charge in [0.2, 0.25) is 0 Å². The Balaban J connectivity index is 1.84. The van der Waals surface area contributed by atoms with Crippen molar-refractivity contribution in [1.29, 1.82) is 0 Å². The number of benzene rings is 1. The lowest BCUT2D eigenvalue weighted by Gasteiger charge is -2.13. The maximum atomic E-state index is 12.0. The topological polar surface area (TPSA) is 69.6 Å². The van der Waals surface area contributed by atoms with Crippen molar-refractivity contribution in [2.24, 2.45) is 4.99 Å². The van der Waals surface area contributed by atoms with Gasteiger partial charge in [0.05, 0.1) is 12.2 Å². The Kier molecular flexibility index (Phi) is 7.14. The average Bonchev–Trinajstić information content (AvgIpc) is 2.64. The van der Waals surface area contributed by atoms with Gasteiger partial charge in [-0.25, -0.2) is 0 Å². The van der Waals surface area contributed by atoms with Crippen molar-refractivity contribution in [1.82, 2.24) is 20.5 Å². The minimum atomic E-state index is 0.0166. The number of guanidine groups is 1. The van der Waals surface area contributed by atoms with Crippen LogP contribution in [-0.2, 0) is 13.0 Å². The highest BCUT2D eigenvalue weighted by Gasteiger charge is 2.08. The van der Waals surface area contributed by atoms with Crippen LogP contribution in [0.1, 0.15) is 27.3 Å². The van der Waals surface area contributed by atoms with Crippen molar-refractivity contribution in [3.05, 3.63) is 65.0 Å². The number of aromatic nitrogens is 1. The molecule has 1 aromatic carbocycles. The van der Waals surface area contributed by atoms with Crippen LogP contribution in [0.4, 0.5) is 0 Å². The zero-order chi connectivity index (χ0) is 18.9. The van der Waals surface area contributed by atoms with Crippen LogP contribution in [0.5, 0.6) is 0 Å². The molecule has 26 heavy (non-hydrogen) atoms. The van der Waals surface area contributed by atoms with E-state index in [0.717, 1.165) is 35.9 Å². The van der Waals surface area contributed by atoms with E-state index in [1.165, 1.54) is 0 Å². The number of carbonyl (C=O) groups is 1. The van der Waals surface area contributed by atoms with Gasteiger partial charge in [0.1, 0.15) is 0 Å². The van der Waals surface area contributed by atoms with E-state index in [1.54, 1.807) is 26.0 Å². The molecule has 0 aliphatic rings. The van der Waals surface area contributed by atoms with Crippen LogP contribution in [0.15, 0.2) is 47.5 Å². The van der Waals surface area contributed by atoms with Crippen LogP contribution < -0.4 is 10.6 Å². The minimum absolute atomic E-state index is 0.0166. The number of hydrogen-bond donors (Lipinski definition) is 2. The molecule has 0 aliphatic carbocycles. The predicted molar refractivity (Wildman–Crippen MR) is 105 cm³/mol. The van der Waals surface area contributed by atoms with Crippen LogP contribution in [0.3, 0.4) is 0 Å². The Hall–Kier alpha value is -2.89. The van der Waals surface area contributed by atoms with Crippen LogP contribution in [0.25, 0.3) is 0 Å². The van der Waals surface area contributed by atoms with Gasteiger partial charge in [0.15, 0.2) is 5.96 Å². The fraction of sp³-hybridized carbons (Fsp3) is 0.350. The van der Waals surface area contributed by atoms with Crippen molar-refractivity contribution >= 4 is 11.9 Å². The lowest BCUT2D eigenvalue weighted by molar-refractivity contribution is 0.0827. The van der Waals surface area contributed by atoms with Gasteiger partial charge in [-0.1, -0.05) is 18.2 Å².